The van der Waals surface area contributed by atoms with E-state index in [1.54, 1.807) is 0 Å². The maximum atomic E-state index is 12.6. The summed E-state index contributed by atoms with van der Waals surface area (Å²) in [7, 11) is 0. The minimum atomic E-state index is -0.774. The van der Waals surface area contributed by atoms with Crippen LogP contribution < -0.4 is 0 Å². The standard InChI is InChI=1S/C45H80O6/c1-4-7-10-13-15-17-19-21-23-25-27-29-32-35-38-44(47)50-41-42(40-49-43(46)37-34-31-12-9-6-3)51-45(48)39-36-33-30-28-26-24-22-20-18-16-14-11-8-5-2/h13,15,19-22,42H,4-12,14,16-18,23-41H2,1-3H3/b15-13-,21-19-,22-20-. The van der Waals surface area contributed by atoms with Crippen LogP contribution in [-0.4, -0.2) is 37.2 Å². The van der Waals surface area contributed by atoms with Crippen molar-refractivity contribution in [1.82, 2.24) is 0 Å². The van der Waals surface area contributed by atoms with Crippen molar-refractivity contribution in [2.45, 2.75) is 219 Å². The van der Waals surface area contributed by atoms with Crippen molar-refractivity contribution >= 4 is 17.9 Å². The number of allylic oxidation sites excluding steroid dienone is 6. The lowest BCUT2D eigenvalue weighted by molar-refractivity contribution is -0.167. The Morgan fingerprint density at radius 3 is 1.16 bits per heavy atom. The zero-order valence-electron chi connectivity index (χ0n) is 33.6. The Kier molecular flexibility index (Phi) is 38.5. The highest BCUT2D eigenvalue weighted by atomic mass is 16.6. The largest absolute Gasteiger partial charge is 0.462 e. The second-order valence-corrected chi connectivity index (χ2v) is 14.3. The van der Waals surface area contributed by atoms with Crippen LogP contribution >= 0.6 is 0 Å². The van der Waals surface area contributed by atoms with Gasteiger partial charge < -0.3 is 14.2 Å². The van der Waals surface area contributed by atoms with Gasteiger partial charge in [0.1, 0.15) is 13.2 Å². The fourth-order valence-corrected chi connectivity index (χ4v) is 5.80. The number of esters is 3. The van der Waals surface area contributed by atoms with Crippen LogP contribution in [-0.2, 0) is 28.6 Å². The summed E-state index contributed by atoms with van der Waals surface area (Å²) in [6.45, 7) is 6.47. The summed E-state index contributed by atoms with van der Waals surface area (Å²) in [5.74, 6) is -0.919. The summed E-state index contributed by atoms with van der Waals surface area (Å²) in [6.07, 6.45) is 44.4. The maximum Gasteiger partial charge on any atom is 0.306 e. The van der Waals surface area contributed by atoms with Crippen LogP contribution in [0.3, 0.4) is 0 Å². The van der Waals surface area contributed by atoms with E-state index in [1.807, 2.05) is 0 Å². The van der Waals surface area contributed by atoms with E-state index in [2.05, 4.69) is 57.2 Å². The second-order valence-electron chi connectivity index (χ2n) is 14.3. The predicted octanol–water partition coefficient (Wildman–Crippen LogP) is 13.4. The van der Waals surface area contributed by atoms with Gasteiger partial charge in [0.25, 0.3) is 0 Å². The number of unbranched alkanes of at least 4 members (excludes halogenated alkanes) is 21. The highest BCUT2D eigenvalue weighted by Crippen LogP contribution is 2.13. The maximum absolute atomic E-state index is 12.6. The van der Waals surface area contributed by atoms with Gasteiger partial charge in [-0.3, -0.25) is 14.4 Å². The molecule has 0 aromatic heterocycles. The van der Waals surface area contributed by atoms with Gasteiger partial charge in [-0.25, -0.2) is 0 Å². The second kappa shape index (κ2) is 40.4. The summed E-state index contributed by atoms with van der Waals surface area (Å²) in [5, 5.41) is 0. The molecular formula is C45H80O6. The molecule has 6 heteroatoms. The van der Waals surface area contributed by atoms with Crippen LogP contribution in [0, 0.1) is 0 Å². The van der Waals surface area contributed by atoms with Crippen molar-refractivity contribution in [1.29, 1.82) is 0 Å². The third kappa shape index (κ3) is 38.7. The highest BCUT2D eigenvalue weighted by molar-refractivity contribution is 5.71. The summed E-state index contributed by atoms with van der Waals surface area (Å²) < 4.78 is 16.5. The van der Waals surface area contributed by atoms with E-state index in [-0.39, 0.29) is 31.1 Å². The molecule has 0 fully saturated rings. The molecule has 1 atom stereocenters. The molecule has 0 spiro atoms. The first-order valence-corrected chi connectivity index (χ1v) is 21.5. The van der Waals surface area contributed by atoms with Crippen molar-refractivity contribution in [2.24, 2.45) is 0 Å². The third-order valence-corrected chi connectivity index (χ3v) is 9.12. The Balaban J connectivity index is 4.29. The zero-order valence-corrected chi connectivity index (χ0v) is 33.6. The van der Waals surface area contributed by atoms with Crippen molar-refractivity contribution in [3.8, 4) is 0 Å². The van der Waals surface area contributed by atoms with Gasteiger partial charge >= 0.3 is 17.9 Å². The fourth-order valence-electron chi connectivity index (χ4n) is 5.80. The lowest BCUT2D eigenvalue weighted by Gasteiger charge is -2.18. The smallest absolute Gasteiger partial charge is 0.306 e. The molecule has 51 heavy (non-hydrogen) atoms. The molecule has 0 bridgehead atoms. The third-order valence-electron chi connectivity index (χ3n) is 9.12. The number of carbonyl (C=O) groups is 3. The van der Waals surface area contributed by atoms with Crippen molar-refractivity contribution in [3.63, 3.8) is 0 Å². The van der Waals surface area contributed by atoms with E-state index in [1.165, 1.54) is 77.0 Å². The Morgan fingerprint density at radius 2 is 0.725 bits per heavy atom. The number of carbonyl (C=O) groups excluding carboxylic acids is 3. The van der Waals surface area contributed by atoms with Gasteiger partial charge in [0.05, 0.1) is 0 Å². The molecular weight excluding hydrogens is 636 g/mol. The summed E-state index contributed by atoms with van der Waals surface area (Å²) in [5.41, 5.74) is 0. The average Bonchev–Trinajstić information content (AvgIpc) is 3.12. The molecule has 0 aliphatic heterocycles. The van der Waals surface area contributed by atoms with Crippen LogP contribution in [0.15, 0.2) is 36.5 Å². The molecule has 0 aromatic carbocycles. The van der Waals surface area contributed by atoms with Crippen LogP contribution in [0.2, 0.25) is 0 Å². The van der Waals surface area contributed by atoms with Gasteiger partial charge in [-0.05, 0) is 70.6 Å². The Bertz CT molecular complexity index is 876. The lowest BCUT2D eigenvalue weighted by Crippen LogP contribution is -2.30. The van der Waals surface area contributed by atoms with Gasteiger partial charge in [0, 0.05) is 19.3 Å². The number of ether oxygens (including phenoxy) is 3. The Hall–Kier alpha value is -2.37. The Morgan fingerprint density at radius 1 is 0.392 bits per heavy atom. The van der Waals surface area contributed by atoms with Gasteiger partial charge in [-0.1, -0.05) is 160 Å². The number of rotatable bonds is 38. The minimum Gasteiger partial charge on any atom is -0.462 e. The average molecular weight is 717 g/mol. The molecule has 1 unspecified atom stereocenters. The van der Waals surface area contributed by atoms with Crippen molar-refractivity contribution in [3.05, 3.63) is 36.5 Å². The van der Waals surface area contributed by atoms with Crippen molar-refractivity contribution < 1.29 is 28.6 Å². The molecule has 0 rings (SSSR count). The monoisotopic (exact) mass is 717 g/mol. The van der Waals surface area contributed by atoms with E-state index in [9.17, 15) is 14.4 Å². The van der Waals surface area contributed by atoms with E-state index >= 15 is 0 Å². The summed E-state index contributed by atoms with van der Waals surface area (Å²) in [4.78, 5) is 37.4. The van der Waals surface area contributed by atoms with E-state index in [0.29, 0.717) is 19.3 Å². The molecule has 0 saturated heterocycles. The Labute approximate surface area is 315 Å². The summed E-state index contributed by atoms with van der Waals surface area (Å²) in [6, 6.07) is 0. The van der Waals surface area contributed by atoms with Gasteiger partial charge in [-0.2, -0.15) is 0 Å². The molecule has 6 nitrogen and oxygen atoms in total. The summed E-state index contributed by atoms with van der Waals surface area (Å²) >= 11 is 0. The molecule has 0 aliphatic rings. The van der Waals surface area contributed by atoms with Crippen LogP contribution in [0.5, 0.6) is 0 Å². The molecule has 0 heterocycles. The van der Waals surface area contributed by atoms with Gasteiger partial charge in [-0.15, -0.1) is 0 Å². The highest BCUT2D eigenvalue weighted by Gasteiger charge is 2.19. The normalized spacial score (nSPS) is 12.3. The molecule has 0 N–H and O–H groups in total. The fraction of sp³-hybridized carbons (Fsp3) is 0.800. The molecule has 0 aliphatic carbocycles. The van der Waals surface area contributed by atoms with E-state index < -0.39 is 6.10 Å². The predicted molar refractivity (Wildman–Crippen MR) is 215 cm³/mol. The van der Waals surface area contributed by atoms with E-state index in [4.69, 9.17) is 14.2 Å². The first-order chi connectivity index (χ1) is 25.0. The molecule has 296 valence electrons. The van der Waals surface area contributed by atoms with Crippen molar-refractivity contribution in [2.75, 3.05) is 13.2 Å². The van der Waals surface area contributed by atoms with Gasteiger partial charge in [0.2, 0.25) is 0 Å². The minimum absolute atomic E-state index is 0.0807. The van der Waals surface area contributed by atoms with E-state index in [0.717, 1.165) is 96.3 Å². The molecule has 0 aromatic rings. The lowest BCUT2D eigenvalue weighted by atomic mass is 10.1. The van der Waals surface area contributed by atoms with Gasteiger partial charge in [0.15, 0.2) is 6.10 Å². The molecule has 0 saturated carbocycles. The number of hydrogen-bond donors (Lipinski definition) is 0. The van der Waals surface area contributed by atoms with Crippen LogP contribution in [0.4, 0.5) is 0 Å². The van der Waals surface area contributed by atoms with Crippen LogP contribution in [0.1, 0.15) is 213 Å². The topological polar surface area (TPSA) is 78.9 Å². The quantitative estimate of drug-likeness (QED) is 0.0274. The molecule has 0 radical (unpaired) electrons. The zero-order chi connectivity index (χ0) is 37.3. The molecule has 0 amide bonds. The first-order valence-electron chi connectivity index (χ1n) is 21.5. The first kappa shape index (κ1) is 48.6. The SMILES string of the molecule is CCCC/C=C\C/C=C\CCCCCCCC(=O)OCC(COC(=O)CCCCCCC)OC(=O)CCCCCCC/C=C\CCCCCCC. The number of hydrogen-bond acceptors (Lipinski definition) is 6. The van der Waals surface area contributed by atoms with Crippen LogP contribution in [0.25, 0.3) is 0 Å².